The van der Waals surface area contributed by atoms with E-state index >= 15 is 0 Å². The second-order valence-corrected chi connectivity index (χ2v) is 5.82. The van der Waals surface area contributed by atoms with Gasteiger partial charge in [-0.25, -0.2) is 0 Å². The van der Waals surface area contributed by atoms with Gasteiger partial charge in [-0.3, -0.25) is 9.59 Å². The lowest BCUT2D eigenvalue weighted by Crippen LogP contribution is -2.39. The van der Waals surface area contributed by atoms with Crippen molar-refractivity contribution in [3.8, 4) is 5.75 Å². The number of ether oxygens (including phenoxy) is 1. The van der Waals surface area contributed by atoms with Crippen molar-refractivity contribution in [3.05, 3.63) is 41.0 Å². The van der Waals surface area contributed by atoms with Crippen LogP contribution in [-0.2, 0) is 19.5 Å². The molecule has 0 bridgehead atoms. The molecule has 0 unspecified atom stereocenters. The maximum atomic E-state index is 12.8. The van der Waals surface area contributed by atoms with E-state index in [9.17, 15) is 9.59 Å². The van der Waals surface area contributed by atoms with Gasteiger partial charge in [0.05, 0.1) is 13.2 Å². The van der Waals surface area contributed by atoms with Crippen molar-refractivity contribution < 1.29 is 14.3 Å². The van der Waals surface area contributed by atoms with Gasteiger partial charge in [0, 0.05) is 32.1 Å². The van der Waals surface area contributed by atoms with E-state index in [1.54, 1.807) is 22.6 Å². The van der Waals surface area contributed by atoms with Crippen molar-refractivity contribution in [2.75, 3.05) is 20.2 Å². The molecule has 1 N–H and O–H groups in total. The Bertz CT molecular complexity index is 829. The van der Waals surface area contributed by atoms with Gasteiger partial charge in [-0.2, -0.15) is 0 Å². The van der Waals surface area contributed by atoms with Crippen molar-refractivity contribution in [1.82, 2.24) is 25.0 Å². The Balaban J connectivity index is 1.55. The third-order valence-electron chi connectivity index (χ3n) is 4.41. The van der Waals surface area contributed by atoms with Crippen LogP contribution in [0.2, 0.25) is 0 Å². The number of hydrogen-bond donors (Lipinski definition) is 1. The number of fused-ring (bicyclic) bond motifs is 2. The van der Waals surface area contributed by atoms with E-state index in [0.717, 1.165) is 17.7 Å². The van der Waals surface area contributed by atoms with Crippen molar-refractivity contribution in [1.29, 1.82) is 0 Å². The topological polar surface area (TPSA) is 89.4 Å². The zero-order chi connectivity index (χ0) is 16.7. The Labute approximate surface area is 138 Å². The molecule has 0 aliphatic carbocycles. The van der Waals surface area contributed by atoms with Gasteiger partial charge in [-0.1, -0.05) is 0 Å². The molecule has 24 heavy (non-hydrogen) atoms. The van der Waals surface area contributed by atoms with Crippen molar-refractivity contribution in [3.63, 3.8) is 0 Å². The minimum atomic E-state index is -0.271. The number of carbonyl (C=O) groups is 2. The number of nitrogens with zero attached hydrogens (tertiary/aromatic N) is 4. The minimum Gasteiger partial charge on any atom is -0.493 e. The lowest BCUT2D eigenvalue weighted by Gasteiger charge is -2.27. The number of nitrogens with one attached hydrogen (secondary N) is 1. The summed E-state index contributed by atoms with van der Waals surface area (Å²) in [6, 6.07) is 5.55. The molecule has 2 aliphatic heterocycles. The van der Waals surface area contributed by atoms with Crippen LogP contribution in [0.15, 0.2) is 18.2 Å². The van der Waals surface area contributed by atoms with Crippen LogP contribution in [0, 0.1) is 0 Å². The largest absolute Gasteiger partial charge is 0.493 e. The number of amides is 2. The maximum absolute atomic E-state index is 12.8. The summed E-state index contributed by atoms with van der Waals surface area (Å²) in [6.45, 7) is 2.03. The SMILES string of the molecule is CNC(=O)c1nnc2n1CCN(C(=O)c1ccc3c(c1)CCO3)C2. The van der Waals surface area contributed by atoms with E-state index in [-0.39, 0.29) is 17.6 Å². The number of aromatic nitrogens is 3. The molecule has 8 heteroatoms. The lowest BCUT2D eigenvalue weighted by atomic mass is 10.1. The number of hydrogen-bond acceptors (Lipinski definition) is 5. The third-order valence-corrected chi connectivity index (χ3v) is 4.41. The monoisotopic (exact) mass is 327 g/mol. The molecule has 8 nitrogen and oxygen atoms in total. The van der Waals surface area contributed by atoms with E-state index < -0.39 is 0 Å². The number of carbonyl (C=O) groups excluding carboxylic acids is 2. The first kappa shape index (κ1) is 14.7. The quantitative estimate of drug-likeness (QED) is 0.853. The van der Waals surface area contributed by atoms with Gasteiger partial charge in [0.1, 0.15) is 5.75 Å². The Morgan fingerprint density at radius 3 is 2.96 bits per heavy atom. The van der Waals surface area contributed by atoms with E-state index in [1.807, 2.05) is 12.1 Å². The van der Waals surface area contributed by atoms with Crippen molar-refractivity contribution in [2.45, 2.75) is 19.5 Å². The normalized spacial score (nSPS) is 15.5. The molecule has 0 fully saturated rings. The summed E-state index contributed by atoms with van der Waals surface area (Å²) in [5.74, 6) is 1.46. The Hall–Kier alpha value is -2.90. The van der Waals surface area contributed by atoms with Gasteiger partial charge in [0.2, 0.25) is 5.82 Å². The van der Waals surface area contributed by atoms with Crippen molar-refractivity contribution >= 4 is 11.8 Å². The standard InChI is InChI=1S/C16H17N5O3/c1-17-15(22)14-19-18-13-9-20(5-6-21(13)14)16(23)11-2-3-12-10(8-11)4-7-24-12/h2-3,8H,4-7,9H2,1H3,(H,17,22). The summed E-state index contributed by atoms with van der Waals surface area (Å²) in [5.41, 5.74) is 1.72. The smallest absolute Gasteiger partial charge is 0.288 e. The molecular weight excluding hydrogens is 310 g/mol. The van der Waals surface area contributed by atoms with Crippen LogP contribution >= 0.6 is 0 Å². The molecule has 1 aromatic heterocycles. The molecule has 0 saturated carbocycles. The fraction of sp³-hybridized carbons (Fsp3) is 0.375. The Morgan fingerprint density at radius 2 is 2.12 bits per heavy atom. The van der Waals surface area contributed by atoms with Gasteiger partial charge in [-0.15, -0.1) is 10.2 Å². The highest BCUT2D eigenvalue weighted by atomic mass is 16.5. The van der Waals surface area contributed by atoms with Gasteiger partial charge in [0.25, 0.3) is 11.8 Å². The van der Waals surface area contributed by atoms with Crippen LogP contribution in [0.25, 0.3) is 0 Å². The molecule has 0 radical (unpaired) electrons. The first-order chi connectivity index (χ1) is 11.7. The van der Waals surface area contributed by atoms with Crippen LogP contribution < -0.4 is 10.1 Å². The average Bonchev–Trinajstić information content (AvgIpc) is 3.25. The summed E-state index contributed by atoms with van der Waals surface area (Å²) >= 11 is 0. The molecule has 2 aromatic rings. The molecule has 0 atom stereocenters. The minimum absolute atomic E-state index is 0.0413. The highest BCUT2D eigenvalue weighted by molar-refractivity contribution is 5.95. The molecule has 3 heterocycles. The summed E-state index contributed by atoms with van der Waals surface area (Å²) in [7, 11) is 1.56. The highest BCUT2D eigenvalue weighted by Crippen LogP contribution is 2.27. The zero-order valence-electron chi connectivity index (χ0n) is 13.3. The second kappa shape index (κ2) is 5.63. The van der Waals surface area contributed by atoms with Gasteiger partial charge in [0.15, 0.2) is 5.82 Å². The molecule has 124 valence electrons. The molecule has 4 rings (SSSR count). The summed E-state index contributed by atoms with van der Waals surface area (Å²) in [5, 5.41) is 10.5. The van der Waals surface area contributed by atoms with Crippen molar-refractivity contribution in [2.24, 2.45) is 0 Å². The summed E-state index contributed by atoms with van der Waals surface area (Å²) in [6.07, 6.45) is 0.834. The predicted octanol–water partition coefficient (Wildman–Crippen LogP) is 0.229. The molecule has 1 aromatic carbocycles. The second-order valence-electron chi connectivity index (χ2n) is 5.82. The molecule has 2 aliphatic rings. The average molecular weight is 327 g/mol. The molecule has 0 saturated heterocycles. The molecular formula is C16H17N5O3. The fourth-order valence-corrected chi connectivity index (χ4v) is 3.11. The number of rotatable bonds is 2. The van der Waals surface area contributed by atoms with Crippen LogP contribution in [0.5, 0.6) is 5.75 Å². The molecule has 2 amide bonds. The third kappa shape index (κ3) is 2.31. The Morgan fingerprint density at radius 1 is 1.25 bits per heavy atom. The first-order valence-corrected chi connectivity index (χ1v) is 7.86. The van der Waals surface area contributed by atoms with Crippen LogP contribution in [0.1, 0.15) is 32.4 Å². The van der Waals surface area contributed by atoms with E-state index in [2.05, 4.69) is 15.5 Å². The molecule has 0 spiro atoms. The predicted molar refractivity (Wildman–Crippen MR) is 83.8 cm³/mol. The lowest BCUT2D eigenvalue weighted by molar-refractivity contribution is 0.0706. The number of benzene rings is 1. The van der Waals surface area contributed by atoms with Crippen LogP contribution in [0.3, 0.4) is 0 Å². The zero-order valence-corrected chi connectivity index (χ0v) is 13.3. The van der Waals surface area contributed by atoms with Crippen LogP contribution in [-0.4, -0.2) is 51.7 Å². The van der Waals surface area contributed by atoms with E-state index in [1.165, 1.54) is 0 Å². The van der Waals surface area contributed by atoms with E-state index in [0.29, 0.717) is 37.6 Å². The van der Waals surface area contributed by atoms with E-state index in [4.69, 9.17) is 4.74 Å². The van der Waals surface area contributed by atoms with Gasteiger partial charge in [-0.05, 0) is 23.8 Å². The summed E-state index contributed by atoms with van der Waals surface area (Å²) < 4.78 is 7.24. The summed E-state index contributed by atoms with van der Waals surface area (Å²) in [4.78, 5) is 26.3. The first-order valence-electron chi connectivity index (χ1n) is 7.86. The van der Waals surface area contributed by atoms with Gasteiger partial charge >= 0.3 is 0 Å². The highest BCUT2D eigenvalue weighted by Gasteiger charge is 2.27. The van der Waals surface area contributed by atoms with Crippen LogP contribution in [0.4, 0.5) is 0 Å². The van der Waals surface area contributed by atoms with Gasteiger partial charge < -0.3 is 19.5 Å². The fourth-order valence-electron chi connectivity index (χ4n) is 3.11. The Kier molecular flexibility index (Phi) is 3.44. The maximum Gasteiger partial charge on any atom is 0.288 e.